The molecule has 0 bridgehead atoms. The van der Waals surface area contributed by atoms with Crippen molar-refractivity contribution >= 4 is 17.3 Å². The summed E-state index contributed by atoms with van der Waals surface area (Å²) >= 11 is 0. The van der Waals surface area contributed by atoms with Crippen LogP contribution >= 0.6 is 0 Å². The summed E-state index contributed by atoms with van der Waals surface area (Å²) in [5, 5.41) is 16.7. The highest BCUT2D eigenvalue weighted by atomic mass is 16.6. The van der Waals surface area contributed by atoms with Gasteiger partial charge in [-0.2, -0.15) is 0 Å². The second-order valence-electron chi connectivity index (χ2n) is 6.20. The maximum atomic E-state index is 11.5. The molecule has 1 saturated heterocycles. The quantitative estimate of drug-likeness (QED) is 0.618. The van der Waals surface area contributed by atoms with E-state index in [-0.39, 0.29) is 17.5 Å². The second kappa shape index (κ2) is 7.05. The number of piperazine rings is 1. The van der Waals surface area contributed by atoms with Gasteiger partial charge in [0.1, 0.15) is 6.33 Å². The molecule has 1 aromatic heterocycles. The van der Waals surface area contributed by atoms with Crippen LogP contribution in [0.25, 0.3) is 0 Å². The summed E-state index contributed by atoms with van der Waals surface area (Å²) in [4.78, 5) is 21.5. The summed E-state index contributed by atoms with van der Waals surface area (Å²) in [6.07, 6.45) is 5.75. The van der Waals surface area contributed by atoms with Gasteiger partial charge in [0, 0.05) is 32.2 Å². The number of hydrogen-bond acceptors (Lipinski definition) is 8. The summed E-state index contributed by atoms with van der Waals surface area (Å²) in [5.74, 6) is 0.573. The van der Waals surface area contributed by atoms with E-state index in [1.165, 1.54) is 6.33 Å². The van der Waals surface area contributed by atoms with Crippen molar-refractivity contribution in [1.29, 1.82) is 0 Å². The Morgan fingerprint density at radius 2 is 1.83 bits per heavy atom. The molecule has 1 aliphatic heterocycles. The average Bonchev–Trinajstić information content (AvgIpc) is 3.02. The van der Waals surface area contributed by atoms with Crippen LogP contribution < -0.4 is 10.7 Å². The molecule has 23 heavy (non-hydrogen) atoms. The minimum atomic E-state index is -0.407. The minimum Gasteiger partial charge on any atom is -0.361 e. The van der Waals surface area contributed by atoms with Gasteiger partial charge in [0.2, 0.25) is 11.6 Å². The third-order valence-electron chi connectivity index (χ3n) is 4.47. The average molecular weight is 321 g/mol. The Hall–Kier alpha value is -2.00. The van der Waals surface area contributed by atoms with Crippen LogP contribution in [0, 0.1) is 10.1 Å². The van der Waals surface area contributed by atoms with E-state index in [1.807, 2.05) is 5.01 Å². The SMILES string of the molecule is CN1CCN(Nc2ncnc(NC3CCCC3)c2[N+](=O)[O-])CC1. The molecule has 1 saturated carbocycles. The van der Waals surface area contributed by atoms with Crippen LogP contribution in [0.1, 0.15) is 25.7 Å². The molecule has 2 aliphatic rings. The van der Waals surface area contributed by atoms with Gasteiger partial charge < -0.3 is 10.2 Å². The van der Waals surface area contributed by atoms with Gasteiger partial charge in [0.15, 0.2) is 0 Å². The number of rotatable bonds is 5. The molecule has 0 aromatic carbocycles. The van der Waals surface area contributed by atoms with Gasteiger partial charge >= 0.3 is 5.69 Å². The van der Waals surface area contributed by atoms with Crippen molar-refractivity contribution in [2.45, 2.75) is 31.7 Å². The Kier molecular flexibility index (Phi) is 4.87. The lowest BCUT2D eigenvalue weighted by atomic mass is 10.2. The third kappa shape index (κ3) is 3.85. The van der Waals surface area contributed by atoms with Crippen molar-refractivity contribution in [3.8, 4) is 0 Å². The topological polar surface area (TPSA) is 99.5 Å². The van der Waals surface area contributed by atoms with Crippen molar-refractivity contribution in [1.82, 2.24) is 19.9 Å². The number of likely N-dealkylation sites (N-methyl/N-ethyl adjacent to an activating group) is 1. The Bertz CT molecular complexity index is 554. The fourth-order valence-electron chi connectivity index (χ4n) is 3.07. The Balaban J connectivity index is 1.77. The maximum Gasteiger partial charge on any atom is 0.354 e. The van der Waals surface area contributed by atoms with Gasteiger partial charge in [-0.15, -0.1) is 0 Å². The Morgan fingerprint density at radius 3 is 2.48 bits per heavy atom. The van der Waals surface area contributed by atoms with E-state index >= 15 is 0 Å². The number of nitrogens with zero attached hydrogens (tertiary/aromatic N) is 5. The highest BCUT2D eigenvalue weighted by Gasteiger charge is 2.27. The van der Waals surface area contributed by atoms with Crippen molar-refractivity contribution in [3.05, 3.63) is 16.4 Å². The molecule has 2 heterocycles. The maximum absolute atomic E-state index is 11.5. The molecule has 9 nitrogen and oxygen atoms in total. The molecule has 2 fully saturated rings. The van der Waals surface area contributed by atoms with Crippen molar-refractivity contribution in [2.24, 2.45) is 0 Å². The third-order valence-corrected chi connectivity index (χ3v) is 4.47. The van der Waals surface area contributed by atoms with E-state index in [2.05, 4.69) is 32.7 Å². The summed E-state index contributed by atoms with van der Waals surface area (Å²) < 4.78 is 0. The molecule has 2 N–H and O–H groups in total. The van der Waals surface area contributed by atoms with Crippen LogP contribution in [-0.4, -0.2) is 64.1 Å². The molecule has 9 heteroatoms. The van der Waals surface area contributed by atoms with E-state index in [4.69, 9.17) is 0 Å². The largest absolute Gasteiger partial charge is 0.361 e. The number of anilines is 2. The summed E-state index contributed by atoms with van der Waals surface area (Å²) in [7, 11) is 2.06. The molecule has 1 aromatic rings. The zero-order chi connectivity index (χ0) is 16.2. The van der Waals surface area contributed by atoms with Crippen LogP contribution in [-0.2, 0) is 0 Å². The lowest BCUT2D eigenvalue weighted by Crippen LogP contribution is -2.47. The highest BCUT2D eigenvalue weighted by Crippen LogP contribution is 2.32. The van der Waals surface area contributed by atoms with Gasteiger partial charge in [-0.05, 0) is 19.9 Å². The van der Waals surface area contributed by atoms with Crippen LogP contribution in [0.15, 0.2) is 6.33 Å². The second-order valence-corrected chi connectivity index (χ2v) is 6.20. The first-order valence-corrected chi connectivity index (χ1v) is 8.09. The van der Waals surface area contributed by atoms with E-state index in [1.54, 1.807) is 0 Å². The first-order chi connectivity index (χ1) is 11.1. The van der Waals surface area contributed by atoms with Crippen LogP contribution in [0.2, 0.25) is 0 Å². The standard InChI is InChI=1S/C14H23N7O2/c1-19-6-8-20(9-7-19)18-14-12(21(22)23)13(15-10-16-14)17-11-4-2-3-5-11/h10-11H,2-9H2,1H3,(H2,15,16,17,18). The molecule has 0 amide bonds. The molecule has 0 unspecified atom stereocenters. The van der Waals surface area contributed by atoms with Crippen LogP contribution in [0.3, 0.4) is 0 Å². The lowest BCUT2D eigenvalue weighted by molar-refractivity contribution is -0.383. The molecule has 1 aliphatic carbocycles. The van der Waals surface area contributed by atoms with Gasteiger partial charge in [0.25, 0.3) is 0 Å². The van der Waals surface area contributed by atoms with Crippen molar-refractivity contribution < 1.29 is 4.92 Å². The molecule has 3 rings (SSSR count). The molecule has 0 atom stereocenters. The minimum absolute atomic E-state index is 0.0710. The van der Waals surface area contributed by atoms with Crippen LogP contribution in [0.5, 0.6) is 0 Å². The van der Waals surface area contributed by atoms with E-state index in [0.717, 1.165) is 51.9 Å². The van der Waals surface area contributed by atoms with Gasteiger partial charge in [0.05, 0.1) is 4.92 Å². The van der Waals surface area contributed by atoms with Crippen molar-refractivity contribution in [3.63, 3.8) is 0 Å². The van der Waals surface area contributed by atoms with Crippen molar-refractivity contribution in [2.75, 3.05) is 44.0 Å². The van der Waals surface area contributed by atoms with Crippen LogP contribution in [0.4, 0.5) is 17.3 Å². The zero-order valence-electron chi connectivity index (χ0n) is 13.4. The molecular weight excluding hydrogens is 298 g/mol. The molecule has 0 spiro atoms. The van der Waals surface area contributed by atoms with Gasteiger partial charge in [-0.1, -0.05) is 12.8 Å². The number of aromatic nitrogens is 2. The number of hydrogen-bond donors (Lipinski definition) is 2. The summed E-state index contributed by atoms with van der Waals surface area (Å²) in [5.41, 5.74) is 3.02. The Morgan fingerprint density at radius 1 is 1.17 bits per heavy atom. The molecular formula is C14H23N7O2. The van der Waals surface area contributed by atoms with E-state index in [9.17, 15) is 10.1 Å². The predicted octanol–water partition coefficient (Wildman–Crippen LogP) is 1.31. The summed E-state index contributed by atoms with van der Waals surface area (Å²) in [6.45, 7) is 3.42. The Labute approximate surface area is 135 Å². The lowest BCUT2D eigenvalue weighted by Gasteiger charge is -2.32. The fraction of sp³-hybridized carbons (Fsp3) is 0.714. The highest BCUT2D eigenvalue weighted by molar-refractivity contribution is 5.69. The van der Waals surface area contributed by atoms with E-state index < -0.39 is 4.92 Å². The summed E-state index contributed by atoms with van der Waals surface area (Å²) in [6, 6.07) is 0.264. The number of nitro groups is 1. The van der Waals surface area contributed by atoms with E-state index in [0.29, 0.717) is 5.82 Å². The van der Waals surface area contributed by atoms with Gasteiger partial charge in [-0.3, -0.25) is 15.5 Å². The fourth-order valence-corrected chi connectivity index (χ4v) is 3.07. The predicted molar refractivity (Wildman–Crippen MR) is 87.3 cm³/mol. The monoisotopic (exact) mass is 321 g/mol. The number of hydrazine groups is 1. The molecule has 126 valence electrons. The normalized spacial score (nSPS) is 20.6. The first kappa shape index (κ1) is 15.9. The molecule has 0 radical (unpaired) electrons. The first-order valence-electron chi connectivity index (χ1n) is 8.09. The smallest absolute Gasteiger partial charge is 0.354 e. The number of nitrogens with one attached hydrogen (secondary N) is 2. The van der Waals surface area contributed by atoms with Gasteiger partial charge in [-0.25, -0.2) is 15.0 Å². The zero-order valence-corrected chi connectivity index (χ0v) is 13.4.